The molecule has 0 fully saturated rings. The Kier molecular flexibility index (Phi) is 7.83. The molecule has 0 aliphatic carbocycles. The minimum absolute atomic E-state index is 0.0784. The number of nitrogens with zero attached hydrogens (tertiary/aromatic N) is 3. The lowest BCUT2D eigenvalue weighted by atomic mass is 10.2. The van der Waals surface area contributed by atoms with Crippen LogP contribution in [0.5, 0.6) is 0 Å². The highest BCUT2D eigenvalue weighted by molar-refractivity contribution is 6.65. The Morgan fingerprint density at radius 2 is 1.79 bits per heavy atom. The molecule has 0 aromatic heterocycles. The van der Waals surface area contributed by atoms with Gasteiger partial charge in [0.2, 0.25) is 0 Å². The molecule has 0 bridgehead atoms. The number of nitrogens with one attached hydrogen (secondary N) is 2. The lowest BCUT2D eigenvalue weighted by Crippen LogP contribution is -2.29. The minimum atomic E-state index is -0.686. The van der Waals surface area contributed by atoms with E-state index in [4.69, 9.17) is 0 Å². The zero-order chi connectivity index (χ0) is 17.9. The Morgan fingerprint density at radius 3 is 2.38 bits per heavy atom. The van der Waals surface area contributed by atoms with E-state index in [1.54, 1.807) is 31.2 Å². The quantitative estimate of drug-likeness (QED) is 0.475. The average Bonchev–Trinajstić information content (AvgIpc) is 2.60. The molecule has 2 N–H and O–H groups in total. The van der Waals surface area contributed by atoms with Gasteiger partial charge in [0.15, 0.2) is 5.71 Å². The summed E-state index contributed by atoms with van der Waals surface area (Å²) in [6, 6.07) is 8.35. The number of methoxy groups -OCH3 is 1. The van der Waals surface area contributed by atoms with Crippen molar-refractivity contribution in [2.24, 2.45) is 15.3 Å². The zero-order valence-corrected chi connectivity index (χ0v) is 14.2. The first-order valence-electron chi connectivity index (χ1n) is 7.34. The number of benzene rings is 1. The van der Waals surface area contributed by atoms with Crippen LogP contribution in [0.25, 0.3) is 0 Å². The van der Waals surface area contributed by atoms with Gasteiger partial charge >= 0.3 is 12.0 Å². The van der Waals surface area contributed by atoms with Crippen molar-refractivity contribution in [3.63, 3.8) is 0 Å². The van der Waals surface area contributed by atoms with E-state index in [2.05, 4.69) is 30.8 Å². The standard InChI is InChI=1S/C16H21N5O3/c1-5-11(2)18-20-14(15(22)24-4)12(3)19-21-16(23)17-13-9-7-6-8-10-13/h6-10H,5H2,1-4H3,(H2,17,21,23)/b18-11+,19-12+,20-14-. The first-order valence-corrected chi connectivity index (χ1v) is 7.34. The first-order chi connectivity index (χ1) is 11.5. The number of urea groups is 1. The number of hydrazone groups is 1. The second kappa shape index (κ2) is 9.88. The Morgan fingerprint density at radius 1 is 1.12 bits per heavy atom. The molecule has 8 heteroatoms. The van der Waals surface area contributed by atoms with Crippen molar-refractivity contribution >= 4 is 34.8 Å². The van der Waals surface area contributed by atoms with E-state index >= 15 is 0 Å². The molecule has 1 rings (SSSR count). The lowest BCUT2D eigenvalue weighted by Gasteiger charge is -2.05. The third-order valence-corrected chi connectivity index (χ3v) is 2.91. The van der Waals surface area contributed by atoms with Crippen LogP contribution >= 0.6 is 0 Å². The maximum Gasteiger partial charge on any atom is 0.360 e. The van der Waals surface area contributed by atoms with E-state index in [-0.39, 0.29) is 11.4 Å². The molecule has 24 heavy (non-hydrogen) atoms. The van der Waals surface area contributed by atoms with Crippen molar-refractivity contribution in [2.75, 3.05) is 12.4 Å². The van der Waals surface area contributed by atoms with Crippen LogP contribution in [0.1, 0.15) is 27.2 Å². The van der Waals surface area contributed by atoms with Gasteiger partial charge in [-0.3, -0.25) is 0 Å². The molecule has 0 saturated carbocycles. The van der Waals surface area contributed by atoms with Gasteiger partial charge in [-0.25, -0.2) is 15.0 Å². The summed E-state index contributed by atoms with van der Waals surface area (Å²) in [5.41, 5.74) is 3.76. The molecule has 2 amide bonds. The minimum Gasteiger partial charge on any atom is -0.464 e. The van der Waals surface area contributed by atoms with Gasteiger partial charge in [-0.1, -0.05) is 25.1 Å². The summed E-state index contributed by atoms with van der Waals surface area (Å²) in [5, 5.41) is 14.2. The SMILES string of the molecule is CC/C(C)=N/N=C(C(=O)OC)/C(C)=N/NC(=O)Nc1ccccc1. The summed E-state index contributed by atoms with van der Waals surface area (Å²) in [7, 11) is 1.23. The van der Waals surface area contributed by atoms with Gasteiger partial charge in [-0.05, 0) is 32.4 Å². The smallest absolute Gasteiger partial charge is 0.360 e. The third-order valence-electron chi connectivity index (χ3n) is 2.91. The highest BCUT2D eigenvalue weighted by atomic mass is 16.5. The third kappa shape index (κ3) is 6.39. The maximum atomic E-state index is 11.8. The molecule has 0 spiro atoms. The molecule has 0 atom stereocenters. The fourth-order valence-corrected chi connectivity index (χ4v) is 1.43. The molecular weight excluding hydrogens is 310 g/mol. The molecule has 1 aromatic rings. The van der Waals surface area contributed by atoms with Crippen molar-refractivity contribution in [3.8, 4) is 0 Å². The van der Waals surface area contributed by atoms with Gasteiger partial charge in [0.05, 0.1) is 12.8 Å². The summed E-state index contributed by atoms with van der Waals surface area (Å²) in [6.07, 6.45) is 0.700. The molecule has 0 saturated heterocycles. The molecule has 0 aliphatic heterocycles. The van der Waals surface area contributed by atoms with Crippen LogP contribution in [0.15, 0.2) is 45.6 Å². The molecule has 0 radical (unpaired) electrons. The molecule has 0 aliphatic rings. The van der Waals surface area contributed by atoms with Crippen molar-refractivity contribution in [1.29, 1.82) is 0 Å². The number of esters is 1. The van der Waals surface area contributed by atoms with Crippen molar-refractivity contribution in [1.82, 2.24) is 5.43 Å². The van der Waals surface area contributed by atoms with Crippen LogP contribution in [0.4, 0.5) is 10.5 Å². The maximum absolute atomic E-state index is 11.8. The number of hydrogen-bond donors (Lipinski definition) is 2. The number of amides is 2. The number of carbonyl (C=O) groups is 2. The summed E-state index contributed by atoms with van der Waals surface area (Å²) in [5.74, 6) is -0.686. The lowest BCUT2D eigenvalue weighted by molar-refractivity contribution is -0.132. The number of rotatable bonds is 6. The molecule has 1 aromatic carbocycles. The Bertz CT molecular complexity index is 666. The van der Waals surface area contributed by atoms with Crippen molar-refractivity contribution in [2.45, 2.75) is 27.2 Å². The van der Waals surface area contributed by atoms with Crippen LogP contribution in [-0.2, 0) is 9.53 Å². The van der Waals surface area contributed by atoms with Crippen molar-refractivity contribution < 1.29 is 14.3 Å². The van der Waals surface area contributed by atoms with Gasteiger partial charge in [0, 0.05) is 11.4 Å². The van der Waals surface area contributed by atoms with E-state index in [1.807, 2.05) is 13.0 Å². The van der Waals surface area contributed by atoms with Gasteiger partial charge < -0.3 is 10.1 Å². The molecule has 8 nitrogen and oxygen atoms in total. The number of hydrogen-bond acceptors (Lipinski definition) is 6. The highest BCUT2D eigenvalue weighted by Crippen LogP contribution is 2.04. The fourth-order valence-electron chi connectivity index (χ4n) is 1.43. The van der Waals surface area contributed by atoms with E-state index < -0.39 is 12.0 Å². The van der Waals surface area contributed by atoms with Crippen LogP contribution in [0, 0.1) is 0 Å². The summed E-state index contributed by atoms with van der Waals surface area (Å²) >= 11 is 0. The summed E-state index contributed by atoms with van der Waals surface area (Å²) < 4.78 is 4.65. The number of para-hydroxylation sites is 1. The van der Waals surface area contributed by atoms with E-state index in [1.165, 1.54) is 14.0 Å². The Labute approximate surface area is 140 Å². The number of anilines is 1. The van der Waals surface area contributed by atoms with Crippen LogP contribution < -0.4 is 10.7 Å². The summed E-state index contributed by atoms with van der Waals surface area (Å²) in [4.78, 5) is 23.5. The molecule has 128 valence electrons. The van der Waals surface area contributed by atoms with Crippen LogP contribution in [-0.4, -0.2) is 36.2 Å². The average molecular weight is 331 g/mol. The second-order valence-corrected chi connectivity index (χ2v) is 4.76. The Balaban J connectivity index is 2.82. The molecule has 0 heterocycles. The first kappa shape index (κ1) is 19.0. The molecular formula is C16H21N5O3. The van der Waals surface area contributed by atoms with Gasteiger partial charge in [0.1, 0.15) is 0 Å². The fraction of sp³-hybridized carbons (Fsp3) is 0.312. The number of ether oxygens (including phenoxy) is 1. The Hall–Kier alpha value is -3.03. The largest absolute Gasteiger partial charge is 0.464 e. The van der Waals surface area contributed by atoms with Crippen LogP contribution in [0.3, 0.4) is 0 Å². The van der Waals surface area contributed by atoms with E-state index in [9.17, 15) is 9.59 Å². The summed E-state index contributed by atoms with van der Waals surface area (Å²) in [6.45, 7) is 5.23. The highest BCUT2D eigenvalue weighted by Gasteiger charge is 2.16. The zero-order valence-electron chi connectivity index (χ0n) is 14.2. The topological polar surface area (TPSA) is 105 Å². The van der Waals surface area contributed by atoms with Gasteiger partial charge in [0.25, 0.3) is 0 Å². The van der Waals surface area contributed by atoms with Gasteiger partial charge in [-0.15, -0.1) is 5.10 Å². The molecule has 0 unspecified atom stereocenters. The predicted molar refractivity (Wildman–Crippen MR) is 94.6 cm³/mol. The van der Waals surface area contributed by atoms with Crippen molar-refractivity contribution in [3.05, 3.63) is 30.3 Å². The monoisotopic (exact) mass is 331 g/mol. The van der Waals surface area contributed by atoms with Gasteiger partial charge in [-0.2, -0.15) is 10.2 Å². The normalized spacial score (nSPS) is 12.6. The predicted octanol–water partition coefficient (Wildman–Crippen LogP) is 2.58. The number of carbonyl (C=O) groups excluding carboxylic acids is 2. The second-order valence-electron chi connectivity index (χ2n) is 4.76. The van der Waals surface area contributed by atoms with E-state index in [0.717, 1.165) is 5.71 Å². The van der Waals surface area contributed by atoms with E-state index in [0.29, 0.717) is 12.1 Å². The van der Waals surface area contributed by atoms with Crippen LogP contribution in [0.2, 0.25) is 0 Å².